The van der Waals surface area contributed by atoms with Gasteiger partial charge in [-0.2, -0.15) is 4.98 Å². The van der Waals surface area contributed by atoms with Crippen LogP contribution in [0.2, 0.25) is 5.02 Å². The van der Waals surface area contributed by atoms with E-state index in [4.69, 9.17) is 16.1 Å². The maximum Gasteiger partial charge on any atom is 0.231 e. The van der Waals surface area contributed by atoms with Crippen LogP contribution in [-0.2, 0) is 0 Å². The normalized spacial score (nSPS) is 23.0. The van der Waals surface area contributed by atoms with Crippen LogP contribution in [0, 0.1) is 0 Å². The molecule has 0 radical (unpaired) electrons. The van der Waals surface area contributed by atoms with Gasteiger partial charge in [0.1, 0.15) is 0 Å². The second kappa shape index (κ2) is 6.58. The van der Waals surface area contributed by atoms with E-state index in [9.17, 15) is 0 Å². The lowest BCUT2D eigenvalue weighted by Crippen LogP contribution is -2.31. The molecular formula is C16H20ClN3O. The second-order valence-corrected chi connectivity index (χ2v) is 6.04. The van der Waals surface area contributed by atoms with Gasteiger partial charge in [0.2, 0.25) is 11.7 Å². The first-order valence-corrected chi connectivity index (χ1v) is 7.92. The molecule has 0 aliphatic heterocycles. The smallest absolute Gasteiger partial charge is 0.231 e. The van der Waals surface area contributed by atoms with Crippen molar-refractivity contribution in [3.63, 3.8) is 0 Å². The van der Waals surface area contributed by atoms with Gasteiger partial charge in [0.25, 0.3) is 0 Å². The van der Waals surface area contributed by atoms with E-state index in [1.807, 2.05) is 31.3 Å². The Morgan fingerprint density at radius 2 is 1.90 bits per heavy atom. The van der Waals surface area contributed by atoms with Crippen molar-refractivity contribution < 1.29 is 4.52 Å². The molecule has 1 N–H and O–H groups in total. The predicted molar refractivity (Wildman–Crippen MR) is 83.4 cm³/mol. The Morgan fingerprint density at radius 1 is 1.14 bits per heavy atom. The van der Waals surface area contributed by atoms with Crippen LogP contribution >= 0.6 is 11.6 Å². The number of hydrogen-bond donors (Lipinski definition) is 1. The maximum absolute atomic E-state index is 5.91. The highest BCUT2D eigenvalue weighted by atomic mass is 35.5. The molecule has 1 heterocycles. The molecular weight excluding hydrogens is 286 g/mol. The molecule has 5 heteroatoms. The quantitative estimate of drug-likeness (QED) is 0.870. The van der Waals surface area contributed by atoms with Crippen LogP contribution in [-0.4, -0.2) is 23.2 Å². The van der Waals surface area contributed by atoms with Crippen LogP contribution in [0.5, 0.6) is 0 Å². The number of benzene rings is 1. The first kappa shape index (κ1) is 14.5. The van der Waals surface area contributed by atoms with Gasteiger partial charge in [0, 0.05) is 16.6 Å². The van der Waals surface area contributed by atoms with Crippen molar-refractivity contribution in [1.82, 2.24) is 15.5 Å². The third-order valence-corrected chi connectivity index (χ3v) is 4.50. The number of aromatic nitrogens is 2. The van der Waals surface area contributed by atoms with Crippen molar-refractivity contribution in [2.45, 2.75) is 44.1 Å². The second-order valence-electron chi connectivity index (χ2n) is 5.60. The molecule has 4 nitrogen and oxygen atoms in total. The monoisotopic (exact) mass is 305 g/mol. The molecule has 1 aromatic heterocycles. The Balaban J connectivity index is 1.84. The molecule has 2 aromatic rings. The van der Waals surface area contributed by atoms with E-state index in [0.717, 1.165) is 17.9 Å². The predicted octanol–water partition coefficient (Wildman–Crippen LogP) is 4.03. The molecule has 1 fully saturated rings. The summed E-state index contributed by atoms with van der Waals surface area (Å²) >= 11 is 5.91. The Kier molecular flexibility index (Phi) is 4.56. The van der Waals surface area contributed by atoms with E-state index in [2.05, 4.69) is 15.5 Å². The van der Waals surface area contributed by atoms with E-state index in [-0.39, 0.29) is 0 Å². The van der Waals surface area contributed by atoms with Gasteiger partial charge >= 0.3 is 0 Å². The van der Waals surface area contributed by atoms with Gasteiger partial charge in [-0.05, 0) is 44.2 Å². The Labute approximate surface area is 129 Å². The average Bonchev–Trinajstić information content (AvgIpc) is 2.86. The average molecular weight is 306 g/mol. The van der Waals surface area contributed by atoms with Crippen LogP contribution in [0.4, 0.5) is 0 Å². The standard InChI is InChI=1S/C16H20ClN3O/c1-18-14-6-4-2-3-5-13(14)16-19-15(20-21-16)11-7-9-12(17)10-8-11/h7-10,13-14,18H,2-6H2,1H3. The highest BCUT2D eigenvalue weighted by Gasteiger charge is 2.28. The third kappa shape index (κ3) is 3.27. The molecule has 0 spiro atoms. The fourth-order valence-electron chi connectivity index (χ4n) is 3.05. The van der Waals surface area contributed by atoms with Crippen molar-refractivity contribution in [2.75, 3.05) is 7.05 Å². The molecule has 0 bridgehead atoms. The van der Waals surface area contributed by atoms with Crippen LogP contribution in [0.3, 0.4) is 0 Å². The van der Waals surface area contributed by atoms with E-state index >= 15 is 0 Å². The van der Waals surface area contributed by atoms with Crippen molar-refractivity contribution in [3.8, 4) is 11.4 Å². The van der Waals surface area contributed by atoms with E-state index < -0.39 is 0 Å². The van der Waals surface area contributed by atoms with Crippen LogP contribution < -0.4 is 5.32 Å². The minimum absolute atomic E-state index is 0.311. The summed E-state index contributed by atoms with van der Waals surface area (Å²) in [6.45, 7) is 0. The summed E-state index contributed by atoms with van der Waals surface area (Å²) in [6, 6.07) is 7.94. The van der Waals surface area contributed by atoms with Gasteiger partial charge in [-0.1, -0.05) is 36.0 Å². The molecule has 2 atom stereocenters. The van der Waals surface area contributed by atoms with Gasteiger partial charge in [0.05, 0.1) is 5.92 Å². The SMILES string of the molecule is CNC1CCCCCC1c1nc(-c2ccc(Cl)cc2)no1. The van der Waals surface area contributed by atoms with Gasteiger partial charge < -0.3 is 9.84 Å². The number of likely N-dealkylation sites (N-methyl/N-ethyl adjacent to an activating group) is 1. The summed E-state index contributed by atoms with van der Waals surface area (Å²) in [7, 11) is 2.01. The zero-order chi connectivity index (χ0) is 14.7. The number of hydrogen-bond acceptors (Lipinski definition) is 4. The molecule has 1 aliphatic rings. The fraction of sp³-hybridized carbons (Fsp3) is 0.500. The zero-order valence-corrected chi connectivity index (χ0v) is 12.9. The Hall–Kier alpha value is -1.39. The summed E-state index contributed by atoms with van der Waals surface area (Å²) in [4.78, 5) is 4.61. The van der Waals surface area contributed by atoms with E-state index in [0.29, 0.717) is 22.8 Å². The molecule has 1 aliphatic carbocycles. The van der Waals surface area contributed by atoms with Crippen molar-refractivity contribution >= 4 is 11.6 Å². The van der Waals surface area contributed by atoms with Crippen molar-refractivity contribution in [2.24, 2.45) is 0 Å². The molecule has 0 amide bonds. The largest absolute Gasteiger partial charge is 0.339 e. The summed E-state index contributed by atoms with van der Waals surface area (Å²) in [5.41, 5.74) is 0.934. The molecule has 0 saturated heterocycles. The lowest BCUT2D eigenvalue weighted by Gasteiger charge is -2.20. The van der Waals surface area contributed by atoms with E-state index in [1.165, 1.54) is 25.7 Å². The highest BCUT2D eigenvalue weighted by Crippen LogP contribution is 2.32. The van der Waals surface area contributed by atoms with Crippen molar-refractivity contribution in [1.29, 1.82) is 0 Å². The van der Waals surface area contributed by atoms with Gasteiger partial charge in [-0.15, -0.1) is 0 Å². The van der Waals surface area contributed by atoms with E-state index in [1.54, 1.807) is 0 Å². The summed E-state index contributed by atoms with van der Waals surface area (Å²) in [5, 5.41) is 8.25. The van der Waals surface area contributed by atoms with Gasteiger partial charge in [-0.3, -0.25) is 0 Å². The molecule has 3 rings (SSSR count). The topological polar surface area (TPSA) is 51.0 Å². The number of rotatable bonds is 3. The zero-order valence-electron chi connectivity index (χ0n) is 12.2. The first-order valence-electron chi connectivity index (χ1n) is 7.55. The summed E-state index contributed by atoms with van der Waals surface area (Å²) < 4.78 is 5.54. The van der Waals surface area contributed by atoms with Crippen LogP contribution in [0.1, 0.15) is 43.9 Å². The van der Waals surface area contributed by atoms with Gasteiger partial charge in [-0.25, -0.2) is 0 Å². The lowest BCUT2D eigenvalue weighted by molar-refractivity contribution is 0.311. The molecule has 21 heavy (non-hydrogen) atoms. The first-order chi connectivity index (χ1) is 10.3. The fourth-order valence-corrected chi connectivity index (χ4v) is 3.18. The number of halogens is 1. The van der Waals surface area contributed by atoms with Crippen molar-refractivity contribution in [3.05, 3.63) is 35.2 Å². The maximum atomic E-state index is 5.91. The molecule has 1 aromatic carbocycles. The number of nitrogens with zero attached hydrogens (tertiary/aromatic N) is 2. The van der Waals surface area contributed by atoms with Crippen LogP contribution in [0.25, 0.3) is 11.4 Å². The summed E-state index contributed by atoms with van der Waals surface area (Å²) in [5.74, 6) is 1.70. The van der Waals surface area contributed by atoms with Crippen LogP contribution in [0.15, 0.2) is 28.8 Å². The minimum Gasteiger partial charge on any atom is -0.339 e. The van der Waals surface area contributed by atoms with Gasteiger partial charge in [0.15, 0.2) is 0 Å². The minimum atomic E-state index is 0.311. The molecule has 112 valence electrons. The Morgan fingerprint density at radius 3 is 2.67 bits per heavy atom. The third-order valence-electron chi connectivity index (χ3n) is 4.25. The number of nitrogens with one attached hydrogen (secondary N) is 1. The Bertz CT molecular complexity index is 581. The molecule has 2 unspecified atom stereocenters. The molecule has 1 saturated carbocycles. The highest BCUT2D eigenvalue weighted by molar-refractivity contribution is 6.30. The lowest BCUT2D eigenvalue weighted by atomic mass is 9.95. The summed E-state index contributed by atoms with van der Waals surface area (Å²) in [6.07, 6.45) is 6.04.